The number of carbonyl (C=O) groups is 2. The van der Waals surface area contributed by atoms with Crippen LogP contribution in [0.25, 0.3) is 0 Å². The number of aliphatic carboxylic acids is 1. The summed E-state index contributed by atoms with van der Waals surface area (Å²) in [5.74, 6) is -1.78. The highest BCUT2D eigenvalue weighted by atomic mass is 35.5. The average Bonchev–Trinajstić information content (AvgIpc) is 3.35. The van der Waals surface area contributed by atoms with E-state index in [0.717, 1.165) is 30.4 Å². The van der Waals surface area contributed by atoms with Gasteiger partial charge in [0.25, 0.3) is 0 Å². The molecule has 2 aromatic carbocycles. The minimum atomic E-state index is -3.90. The van der Waals surface area contributed by atoms with Gasteiger partial charge >= 0.3 is 5.97 Å². The quantitative estimate of drug-likeness (QED) is 0.425. The molecule has 1 amide bonds. The Morgan fingerprint density at radius 2 is 1.88 bits per heavy atom. The molecular formula is C21H21ClN2O7S. The second-order valence-electron chi connectivity index (χ2n) is 7.79. The van der Waals surface area contributed by atoms with Gasteiger partial charge in [0.2, 0.25) is 15.9 Å². The van der Waals surface area contributed by atoms with Gasteiger partial charge in [-0.2, -0.15) is 0 Å². The van der Waals surface area contributed by atoms with E-state index in [-0.39, 0.29) is 21.7 Å². The van der Waals surface area contributed by atoms with Crippen LogP contribution >= 0.6 is 11.6 Å². The van der Waals surface area contributed by atoms with E-state index < -0.39 is 34.1 Å². The van der Waals surface area contributed by atoms with E-state index in [9.17, 15) is 23.1 Å². The third-order valence-electron chi connectivity index (χ3n) is 5.23. The van der Waals surface area contributed by atoms with E-state index in [1.807, 2.05) is 0 Å². The first-order valence-electron chi connectivity index (χ1n) is 10.0. The van der Waals surface area contributed by atoms with Crippen LogP contribution in [0.2, 0.25) is 5.02 Å². The Labute approximate surface area is 189 Å². The molecule has 2 aliphatic rings. The number of sulfonamides is 1. The Bertz CT molecular complexity index is 1210. The summed E-state index contributed by atoms with van der Waals surface area (Å²) in [7, 11) is -3.90. The monoisotopic (exact) mass is 480 g/mol. The number of anilines is 1. The first-order chi connectivity index (χ1) is 15.1. The average molecular weight is 481 g/mol. The number of carboxylic acid groups (broad SMARTS) is 1. The molecular weight excluding hydrogens is 460 g/mol. The number of phenolic OH excluding ortho intramolecular Hbond substituents is 1. The molecule has 4 rings (SSSR count). The second kappa shape index (κ2) is 8.61. The predicted molar refractivity (Wildman–Crippen MR) is 116 cm³/mol. The van der Waals surface area contributed by atoms with Crippen LogP contribution in [0.5, 0.6) is 17.2 Å². The zero-order chi connectivity index (χ0) is 23.0. The molecule has 2 aliphatic carbocycles. The number of aromatic hydroxyl groups is 1. The highest BCUT2D eigenvalue weighted by Crippen LogP contribution is 2.44. The van der Waals surface area contributed by atoms with Gasteiger partial charge in [-0.15, -0.1) is 0 Å². The van der Waals surface area contributed by atoms with Crippen LogP contribution in [0.15, 0.2) is 29.2 Å². The Kier molecular flexibility index (Phi) is 6.02. The van der Waals surface area contributed by atoms with Crippen molar-refractivity contribution in [1.82, 2.24) is 4.72 Å². The molecule has 0 saturated heterocycles. The standard InChI is InChI=1S/C21H21ClN2O7S/c22-15-9-16(23-19(26)10-20(27)28)13-2-1-3-14(13)21(15)31-12-6-7-17(25)18(8-12)32(29,30)24-11-4-5-11/h6-9,11,24-25H,1-5,10H2,(H,23,26)(H,27,28). The van der Waals surface area contributed by atoms with E-state index in [2.05, 4.69) is 10.0 Å². The zero-order valence-corrected chi connectivity index (χ0v) is 18.4. The SMILES string of the molecule is O=C(O)CC(=O)Nc1cc(Cl)c(Oc2ccc(O)c(S(=O)(=O)NC3CC3)c2)c2c1CCC2. The molecule has 0 heterocycles. The molecule has 4 N–H and O–H groups in total. The van der Waals surface area contributed by atoms with Crippen LogP contribution in [-0.4, -0.2) is 36.5 Å². The number of benzene rings is 2. The topological polar surface area (TPSA) is 142 Å². The Morgan fingerprint density at radius 3 is 2.56 bits per heavy atom. The first kappa shape index (κ1) is 22.4. The minimum absolute atomic E-state index is 0.120. The van der Waals surface area contributed by atoms with Crippen molar-refractivity contribution in [2.45, 2.75) is 49.5 Å². The normalized spacial score (nSPS) is 15.3. The molecule has 32 heavy (non-hydrogen) atoms. The Morgan fingerprint density at radius 1 is 1.16 bits per heavy atom. The molecule has 9 nitrogen and oxygen atoms in total. The van der Waals surface area contributed by atoms with Crippen LogP contribution in [0, 0.1) is 0 Å². The van der Waals surface area contributed by atoms with Gasteiger partial charge in [0.05, 0.1) is 5.02 Å². The third-order valence-corrected chi connectivity index (χ3v) is 7.06. The summed E-state index contributed by atoms with van der Waals surface area (Å²) in [5, 5.41) is 21.6. The first-order valence-corrected chi connectivity index (χ1v) is 11.9. The van der Waals surface area contributed by atoms with Crippen molar-refractivity contribution in [2.24, 2.45) is 0 Å². The van der Waals surface area contributed by atoms with Crippen molar-refractivity contribution in [3.63, 3.8) is 0 Å². The number of halogens is 1. The van der Waals surface area contributed by atoms with Gasteiger partial charge in [-0.3, -0.25) is 9.59 Å². The molecule has 11 heteroatoms. The van der Waals surface area contributed by atoms with E-state index >= 15 is 0 Å². The van der Waals surface area contributed by atoms with Crippen LogP contribution in [0.1, 0.15) is 36.8 Å². The number of carbonyl (C=O) groups excluding carboxylic acids is 1. The van der Waals surface area contributed by atoms with E-state index in [1.54, 1.807) is 0 Å². The molecule has 0 atom stereocenters. The maximum absolute atomic E-state index is 12.6. The molecule has 2 aromatic rings. The van der Waals surface area contributed by atoms with Gasteiger partial charge in [-0.05, 0) is 55.9 Å². The van der Waals surface area contributed by atoms with Crippen molar-refractivity contribution in [3.8, 4) is 17.2 Å². The van der Waals surface area contributed by atoms with Gasteiger partial charge in [0.15, 0.2) is 0 Å². The lowest BCUT2D eigenvalue weighted by molar-refractivity contribution is -0.139. The Hall–Kier alpha value is -2.82. The molecule has 0 aliphatic heterocycles. The Balaban J connectivity index is 1.64. The maximum atomic E-state index is 12.6. The number of rotatable bonds is 8. The number of phenols is 1. The lowest BCUT2D eigenvalue weighted by Gasteiger charge is -2.17. The van der Waals surface area contributed by atoms with Crippen LogP contribution in [0.3, 0.4) is 0 Å². The van der Waals surface area contributed by atoms with Gasteiger partial charge in [-0.25, -0.2) is 13.1 Å². The minimum Gasteiger partial charge on any atom is -0.507 e. The molecule has 0 bridgehead atoms. The predicted octanol–water partition coefficient (Wildman–Crippen LogP) is 3.18. The lowest BCUT2D eigenvalue weighted by Crippen LogP contribution is -2.25. The molecule has 170 valence electrons. The van der Waals surface area contributed by atoms with Crippen molar-refractivity contribution < 1.29 is 33.0 Å². The highest BCUT2D eigenvalue weighted by Gasteiger charge is 2.30. The summed E-state index contributed by atoms with van der Waals surface area (Å²) in [6, 6.07) is 5.29. The summed E-state index contributed by atoms with van der Waals surface area (Å²) in [4.78, 5) is 22.4. The second-order valence-corrected chi connectivity index (χ2v) is 9.88. The molecule has 0 spiro atoms. The number of nitrogens with one attached hydrogen (secondary N) is 2. The fraction of sp³-hybridized carbons (Fsp3) is 0.333. The zero-order valence-electron chi connectivity index (χ0n) is 16.9. The fourth-order valence-corrected chi connectivity index (χ4v) is 5.32. The van der Waals surface area contributed by atoms with Crippen molar-refractivity contribution >= 4 is 39.2 Å². The van der Waals surface area contributed by atoms with Gasteiger partial charge in [-0.1, -0.05) is 11.6 Å². The van der Waals surface area contributed by atoms with Crippen LogP contribution in [0.4, 0.5) is 5.69 Å². The van der Waals surface area contributed by atoms with Crippen molar-refractivity contribution in [3.05, 3.63) is 40.4 Å². The van der Waals surface area contributed by atoms with E-state index in [4.69, 9.17) is 21.4 Å². The number of amides is 1. The van der Waals surface area contributed by atoms with Crippen LogP contribution in [-0.2, 0) is 32.5 Å². The number of hydrogen-bond donors (Lipinski definition) is 4. The summed E-state index contributed by atoms with van der Waals surface area (Å²) >= 11 is 6.42. The fourth-order valence-electron chi connectivity index (χ4n) is 3.64. The summed E-state index contributed by atoms with van der Waals surface area (Å²) in [5.41, 5.74) is 1.99. The van der Waals surface area contributed by atoms with E-state index in [1.165, 1.54) is 24.3 Å². The van der Waals surface area contributed by atoms with Gasteiger partial charge < -0.3 is 20.3 Å². The largest absolute Gasteiger partial charge is 0.507 e. The van der Waals surface area contributed by atoms with E-state index in [0.29, 0.717) is 24.3 Å². The smallest absolute Gasteiger partial charge is 0.312 e. The molecule has 0 unspecified atom stereocenters. The number of carboxylic acids is 1. The van der Waals surface area contributed by atoms with Gasteiger partial charge in [0, 0.05) is 23.4 Å². The lowest BCUT2D eigenvalue weighted by atomic mass is 10.1. The third kappa shape index (κ3) is 4.82. The molecule has 1 fully saturated rings. The van der Waals surface area contributed by atoms with Crippen molar-refractivity contribution in [1.29, 1.82) is 0 Å². The molecule has 1 saturated carbocycles. The van der Waals surface area contributed by atoms with Crippen molar-refractivity contribution in [2.75, 3.05) is 5.32 Å². The number of ether oxygens (including phenoxy) is 1. The molecule has 0 radical (unpaired) electrons. The molecule has 0 aromatic heterocycles. The number of hydrogen-bond acceptors (Lipinski definition) is 6. The van der Waals surface area contributed by atoms with Crippen LogP contribution < -0.4 is 14.8 Å². The summed E-state index contributed by atoms with van der Waals surface area (Å²) in [6.07, 6.45) is 2.91. The number of fused-ring (bicyclic) bond motifs is 1. The van der Waals surface area contributed by atoms with Gasteiger partial charge in [0.1, 0.15) is 28.6 Å². The summed E-state index contributed by atoms with van der Waals surface area (Å²) < 4.78 is 33.6. The maximum Gasteiger partial charge on any atom is 0.312 e. The highest BCUT2D eigenvalue weighted by molar-refractivity contribution is 7.89. The summed E-state index contributed by atoms with van der Waals surface area (Å²) in [6.45, 7) is 0.